The maximum Gasteiger partial charge on any atom is 0.224 e. The molecule has 0 amide bonds. The predicted octanol–water partition coefficient (Wildman–Crippen LogP) is 3.81. The summed E-state index contributed by atoms with van der Waals surface area (Å²) in [4.78, 5) is 11.2. The normalized spacial score (nSPS) is 14.0. The van der Waals surface area contributed by atoms with Crippen molar-refractivity contribution in [3.8, 4) is 0 Å². The van der Waals surface area contributed by atoms with E-state index in [2.05, 4.69) is 48.1 Å². The molecule has 5 nitrogen and oxygen atoms in total. The van der Waals surface area contributed by atoms with Crippen molar-refractivity contribution in [1.82, 2.24) is 14.9 Å². The molecule has 3 rings (SSSR count). The van der Waals surface area contributed by atoms with Crippen LogP contribution in [0.25, 0.3) is 0 Å². The maximum absolute atomic E-state index is 14.1. The molecule has 1 aliphatic carbocycles. The highest BCUT2D eigenvalue weighted by Crippen LogP contribution is 2.40. The molecule has 1 fully saturated rings. The summed E-state index contributed by atoms with van der Waals surface area (Å²) in [6.07, 6.45) is 2.32. The second kappa shape index (κ2) is 7.60. The van der Waals surface area contributed by atoms with Gasteiger partial charge >= 0.3 is 0 Å². The Morgan fingerprint density at radius 3 is 2.71 bits per heavy atom. The molecule has 128 valence electrons. The number of anilines is 3. The molecule has 1 aromatic carbocycles. The Hall–Kier alpha value is -1.48. The Kier molecular flexibility index (Phi) is 5.50. The monoisotopic (exact) mass is 441 g/mol. The minimum absolute atomic E-state index is 0.282. The summed E-state index contributed by atoms with van der Waals surface area (Å²) < 4.78 is 14.9. The third-order valence-corrected chi connectivity index (χ3v) is 4.45. The molecule has 0 atom stereocenters. The summed E-state index contributed by atoms with van der Waals surface area (Å²) in [5, 5.41) is 6.33. The van der Waals surface area contributed by atoms with E-state index in [1.54, 1.807) is 6.07 Å². The zero-order valence-corrected chi connectivity index (χ0v) is 16.0. The first-order valence-electron chi connectivity index (χ1n) is 8.01. The summed E-state index contributed by atoms with van der Waals surface area (Å²) in [6.45, 7) is 1.66. The van der Waals surface area contributed by atoms with Gasteiger partial charge in [-0.1, -0.05) is 0 Å². The van der Waals surface area contributed by atoms with Crippen LogP contribution in [0.5, 0.6) is 0 Å². The van der Waals surface area contributed by atoms with Crippen LogP contribution in [0.3, 0.4) is 0 Å². The Balaban J connectivity index is 1.79. The number of hydrogen-bond donors (Lipinski definition) is 2. The molecule has 0 radical (unpaired) electrons. The molecule has 1 aromatic heterocycles. The molecule has 2 aromatic rings. The van der Waals surface area contributed by atoms with E-state index in [1.807, 2.05) is 26.2 Å². The number of aromatic nitrogens is 2. The maximum atomic E-state index is 14.1. The number of halogens is 2. The molecular formula is C17H21FIN5. The van der Waals surface area contributed by atoms with Crippen molar-refractivity contribution in [2.45, 2.75) is 18.8 Å². The number of nitrogens with one attached hydrogen (secondary N) is 2. The zero-order valence-electron chi connectivity index (χ0n) is 13.8. The Labute approximate surface area is 155 Å². The van der Waals surface area contributed by atoms with Gasteiger partial charge < -0.3 is 15.5 Å². The second-order valence-electron chi connectivity index (χ2n) is 6.26. The summed E-state index contributed by atoms with van der Waals surface area (Å²) >= 11 is 2.09. The van der Waals surface area contributed by atoms with E-state index in [0.717, 1.165) is 35.2 Å². The van der Waals surface area contributed by atoms with Crippen molar-refractivity contribution in [1.29, 1.82) is 0 Å². The molecule has 2 N–H and O–H groups in total. The topological polar surface area (TPSA) is 53.1 Å². The van der Waals surface area contributed by atoms with Gasteiger partial charge in [-0.25, -0.2) is 9.37 Å². The largest absolute Gasteiger partial charge is 0.353 e. The lowest BCUT2D eigenvalue weighted by atomic mass is 10.2. The van der Waals surface area contributed by atoms with Crippen LogP contribution < -0.4 is 10.6 Å². The Morgan fingerprint density at radius 1 is 1.25 bits per heavy atom. The zero-order chi connectivity index (χ0) is 17.1. The fourth-order valence-corrected chi connectivity index (χ4v) is 2.77. The second-order valence-corrected chi connectivity index (χ2v) is 7.50. The lowest BCUT2D eigenvalue weighted by Crippen LogP contribution is -2.21. The molecule has 0 spiro atoms. The van der Waals surface area contributed by atoms with Gasteiger partial charge in [-0.15, -0.1) is 0 Å². The van der Waals surface area contributed by atoms with E-state index >= 15 is 0 Å². The van der Waals surface area contributed by atoms with Crippen LogP contribution in [0, 0.1) is 9.39 Å². The Morgan fingerprint density at radius 2 is 2.04 bits per heavy atom. The lowest BCUT2D eigenvalue weighted by molar-refractivity contribution is 0.425. The standard InChI is InChI=1S/C17H21FIN5/c1-24(2)8-7-20-17-22-15(11-3-4-11)10-16(23-17)21-14-6-5-12(19)9-13(14)18/h5-6,9-11H,3-4,7-8H2,1-2H3,(H2,20,21,22,23). The molecule has 0 saturated heterocycles. The molecule has 7 heteroatoms. The van der Waals surface area contributed by atoms with Gasteiger partial charge in [-0.05, 0) is 67.7 Å². The highest BCUT2D eigenvalue weighted by Gasteiger charge is 2.26. The van der Waals surface area contributed by atoms with Crippen LogP contribution in [-0.2, 0) is 0 Å². The van der Waals surface area contributed by atoms with Gasteiger partial charge in [0, 0.05) is 28.6 Å². The molecule has 0 aliphatic heterocycles. The van der Waals surface area contributed by atoms with Crippen LogP contribution in [0.1, 0.15) is 24.5 Å². The van der Waals surface area contributed by atoms with Crippen molar-refractivity contribution in [2.75, 3.05) is 37.8 Å². The average Bonchev–Trinajstić information content (AvgIpc) is 3.34. The molecule has 1 aliphatic rings. The molecule has 1 heterocycles. The first-order valence-corrected chi connectivity index (χ1v) is 9.09. The summed E-state index contributed by atoms with van der Waals surface area (Å²) in [6, 6.07) is 7.02. The number of likely N-dealkylation sites (N-methyl/N-ethyl adjacent to an activating group) is 1. The highest BCUT2D eigenvalue weighted by molar-refractivity contribution is 14.1. The van der Waals surface area contributed by atoms with Crippen LogP contribution in [-0.4, -0.2) is 42.1 Å². The van der Waals surface area contributed by atoms with E-state index in [4.69, 9.17) is 0 Å². The van der Waals surface area contributed by atoms with Gasteiger partial charge in [0.2, 0.25) is 5.95 Å². The van der Waals surface area contributed by atoms with Crippen molar-refractivity contribution in [3.05, 3.63) is 39.3 Å². The Bertz CT molecular complexity index is 718. The van der Waals surface area contributed by atoms with Gasteiger partial charge in [-0.3, -0.25) is 0 Å². The summed E-state index contributed by atoms with van der Waals surface area (Å²) in [5.74, 6) is 1.44. The molecule has 0 unspecified atom stereocenters. The van der Waals surface area contributed by atoms with Gasteiger partial charge in [0.15, 0.2) is 0 Å². The van der Waals surface area contributed by atoms with Gasteiger partial charge in [0.25, 0.3) is 0 Å². The van der Waals surface area contributed by atoms with Gasteiger partial charge in [0.1, 0.15) is 11.6 Å². The summed E-state index contributed by atoms with van der Waals surface area (Å²) in [7, 11) is 4.05. The van der Waals surface area contributed by atoms with E-state index in [9.17, 15) is 4.39 Å². The highest BCUT2D eigenvalue weighted by atomic mass is 127. The molecule has 24 heavy (non-hydrogen) atoms. The minimum Gasteiger partial charge on any atom is -0.353 e. The smallest absolute Gasteiger partial charge is 0.224 e. The number of benzene rings is 1. The molecule has 1 saturated carbocycles. The average molecular weight is 441 g/mol. The van der Waals surface area contributed by atoms with Crippen molar-refractivity contribution in [2.24, 2.45) is 0 Å². The van der Waals surface area contributed by atoms with Gasteiger partial charge in [-0.2, -0.15) is 4.98 Å². The van der Waals surface area contributed by atoms with Crippen molar-refractivity contribution in [3.63, 3.8) is 0 Å². The third kappa shape index (κ3) is 4.76. The number of hydrogen-bond acceptors (Lipinski definition) is 5. The quantitative estimate of drug-likeness (QED) is 0.641. The van der Waals surface area contributed by atoms with E-state index in [1.165, 1.54) is 6.07 Å². The first-order chi connectivity index (χ1) is 11.5. The van der Waals surface area contributed by atoms with Gasteiger partial charge in [0.05, 0.1) is 11.4 Å². The van der Waals surface area contributed by atoms with E-state index in [-0.39, 0.29) is 5.82 Å². The molecule has 0 bridgehead atoms. The first kappa shape index (κ1) is 17.3. The lowest BCUT2D eigenvalue weighted by Gasteiger charge is -2.13. The van der Waals surface area contributed by atoms with Crippen LogP contribution in [0.15, 0.2) is 24.3 Å². The minimum atomic E-state index is -0.282. The summed E-state index contributed by atoms with van der Waals surface area (Å²) in [5.41, 5.74) is 1.45. The van der Waals surface area contributed by atoms with Crippen molar-refractivity contribution >= 4 is 40.0 Å². The fourth-order valence-electron chi connectivity index (χ4n) is 2.32. The van der Waals surface area contributed by atoms with Crippen LogP contribution in [0.4, 0.5) is 21.8 Å². The molecular weight excluding hydrogens is 420 g/mol. The van der Waals surface area contributed by atoms with Crippen LogP contribution in [0.2, 0.25) is 0 Å². The number of nitrogens with zero attached hydrogens (tertiary/aromatic N) is 3. The number of rotatable bonds is 7. The van der Waals surface area contributed by atoms with E-state index in [0.29, 0.717) is 23.4 Å². The fraction of sp³-hybridized carbons (Fsp3) is 0.412. The van der Waals surface area contributed by atoms with Crippen LogP contribution >= 0.6 is 22.6 Å². The van der Waals surface area contributed by atoms with Crippen molar-refractivity contribution < 1.29 is 4.39 Å². The predicted molar refractivity (Wildman–Crippen MR) is 103 cm³/mol. The van der Waals surface area contributed by atoms with E-state index < -0.39 is 0 Å². The SMILES string of the molecule is CN(C)CCNc1nc(Nc2ccc(I)cc2F)cc(C2CC2)n1. The third-order valence-electron chi connectivity index (χ3n) is 3.78.